The van der Waals surface area contributed by atoms with E-state index in [-0.39, 0.29) is 30.3 Å². The highest BCUT2D eigenvalue weighted by Crippen LogP contribution is 2.32. The molecule has 10 heteroatoms. The lowest BCUT2D eigenvalue weighted by Crippen LogP contribution is -2.29. The van der Waals surface area contributed by atoms with Crippen LogP contribution in [0.25, 0.3) is 11.1 Å². The number of rotatable bonds is 11. The number of pyridine rings is 1. The molecule has 3 rings (SSSR count). The van der Waals surface area contributed by atoms with Crippen LogP contribution in [0.3, 0.4) is 0 Å². The summed E-state index contributed by atoms with van der Waals surface area (Å²) in [6.07, 6.45) is -1.31. The molecule has 0 amide bonds. The SMILES string of the molecule is CCOC(=O)c1cc(Oc2nc(O[C@H](CC(C)C)C(=O)O)c(F)cc2F)cc(-c2cccc(CN)c2)c1. The van der Waals surface area contributed by atoms with Crippen LogP contribution in [0.4, 0.5) is 8.78 Å². The second-order valence-corrected chi connectivity index (χ2v) is 8.61. The zero-order chi connectivity index (χ0) is 27.1. The third-order valence-corrected chi connectivity index (χ3v) is 5.21. The quantitative estimate of drug-likeness (QED) is 0.329. The number of aliphatic carboxylic acids is 1. The van der Waals surface area contributed by atoms with E-state index in [0.717, 1.165) is 5.56 Å². The molecule has 37 heavy (non-hydrogen) atoms. The molecule has 1 aromatic heterocycles. The molecule has 0 spiro atoms. The summed E-state index contributed by atoms with van der Waals surface area (Å²) in [5.74, 6) is -5.70. The minimum absolute atomic E-state index is 0.0135. The maximum absolute atomic E-state index is 14.6. The maximum atomic E-state index is 14.6. The largest absolute Gasteiger partial charge is 0.479 e. The standard InChI is InChI=1S/C27H28F2N2O6/c1-4-35-27(34)19-10-18(17-7-5-6-16(9-17)14-30)11-20(12-19)36-24-21(28)13-22(29)25(31-24)37-23(26(32)33)8-15(2)3/h5-7,9-13,15,23H,4,8,14,30H2,1-3H3,(H,32,33)/t23-/m1/s1. The van der Waals surface area contributed by atoms with Crippen molar-refractivity contribution in [3.05, 3.63) is 71.3 Å². The molecule has 0 unspecified atom stereocenters. The number of hydrogen-bond donors (Lipinski definition) is 2. The van der Waals surface area contributed by atoms with Crippen molar-refractivity contribution in [2.45, 2.75) is 39.8 Å². The fraction of sp³-hybridized carbons (Fsp3) is 0.296. The summed E-state index contributed by atoms with van der Waals surface area (Å²) in [6.45, 7) is 5.65. The van der Waals surface area contributed by atoms with Crippen molar-refractivity contribution in [1.82, 2.24) is 4.98 Å². The first-order valence-corrected chi connectivity index (χ1v) is 11.7. The minimum Gasteiger partial charge on any atom is -0.479 e. The molecule has 0 aliphatic rings. The van der Waals surface area contributed by atoms with E-state index in [4.69, 9.17) is 19.9 Å². The number of carbonyl (C=O) groups is 2. The zero-order valence-electron chi connectivity index (χ0n) is 20.7. The monoisotopic (exact) mass is 514 g/mol. The van der Waals surface area contributed by atoms with Crippen molar-refractivity contribution in [3.63, 3.8) is 0 Å². The predicted octanol–water partition coefficient (Wildman–Crippen LogP) is 5.33. The molecule has 1 heterocycles. The van der Waals surface area contributed by atoms with Gasteiger partial charge in [-0.25, -0.2) is 18.4 Å². The van der Waals surface area contributed by atoms with Crippen molar-refractivity contribution in [2.75, 3.05) is 6.61 Å². The Bertz CT molecular complexity index is 1280. The lowest BCUT2D eigenvalue weighted by molar-refractivity contribution is -0.146. The molecule has 196 valence electrons. The molecule has 3 aromatic rings. The van der Waals surface area contributed by atoms with Crippen molar-refractivity contribution < 1.29 is 37.7 Å². The summed E-state index contributed by atoms with van der Waals surface area (Å²) < 4.78 is 45.0. The lowest BCUT2D eigenvalue weighted by Gasteiger charge is -2.17. The van der Waals surface area contributed by atoms with Gasteiger partial charge in [-0.05, 0) is 60.2 Å². The minimum atomic E-state index is -1.39. The number of nitrogens with two attached hydrogens (primary N) is 1. The van der Waals surface area contributed by atoms with E-state index in [1.54, 1.807) is 45.0 Å². The lowest BCUT2D eigenvalue weighted by atomic mass is 10.0. The molecule has 3 N–H and O–H groups in total. The Balaban J connectivity index is 2.02. The second kappa shape index (κ2) is 12.3. The molecule has 2 aromatic carbocycles. The van der Waals surface area contributed by atoms with E-state index >= 15 is 0 Å². The van der Waals surface area contributed by atoms with Crippen LogP contribution in [-0.2, 0) is 16.1 Å². The number of ether oxygens (including phenoxy) is 3. The van der Waals surface area contributed by atoms with Crippen molar-refractivity contribution >= 4 is 11.9 Å². The van der Waals surface area contributed by atoms with Gasteiger partial charge in [-0.1, -0.05) is 32.0 Å². The van der Waals surface area contributed by atoms with Gasteiger partial charge in [0.1, 0.15) is 5.75 Å². The average molecular weight is 515 g/mol. The van der Waals surface area contributed by atoms with Crippen molar-refractivity contribution in [1.29, 1.82) is 0 Å². The van der Waals surface area contributed by atoms with Crippen LogP contribution < -0.4 is 15.2 Å². The van der Waals surface area contributed by atoms with Crippen molar-refractivity contribution in [3.8, 4) is 28.6 Å². The molecular formula is C27H28F2N2O6. The van der Waals surface area contributed by atoms with E-state index in [9.17, 15) is 23.5 Å². The molecule has 1 atom stereocenters. The molecule has 0 radical (unpaired) electrons. The average Bonchev–Trinajstić information content (AvgIpc) is 2.86. The highest BCUT2D eigenvalue weighted by Gasteiger charge is 2.25. The van der Waals surface area contributed by atoms with E-state index < -0.39 is 41.4 Å². The second-order valence-electron chi connectivity index (χ2n) is 8.61. The summed E-state index contributed by atoms with van der Waals surface area (Å²) in [7, 11) is 0. The van der Waals surface area contributed by atoms with Gasteiger partial charge in [0.05, 0.1) is 12.2 Å². The molecular weight excluding hydrogens is 486 g/mol. The van der Waals surface area contributed by atoms with Crippen LogP contribution in [0.2, 0.25) is 0 Å². The van der Waals surface area contributed by atoms with Gasteiger partial charge in [0, 0.05) is 12.6 Å². The number of nitrogens with zero attached hydrogens (tertiary/aromatic N) is 1. The fourth-order valence-corrected chi connectivity index (χ4v) is 3.50. The maximum Gasteiger partial charge on any atom is 0.344 e. The smallest absolute Gasteiger partial charge is 0.344 e. The molecule has 0 bridgehead atoms. The topological polar surface area (TPSA) is 121 Å². The summed E-state index contributed by atoms with van der Waals surface area (Å²) in [4.78, 5) is 27.8. The highest BCUT2D eigenvalue weighted by molar-refractivity contribution is 5.92. The van der Waals surface area contributed by atoms with Crippen molar-refractivity contribution in [2.24, 2.45) is 11.7 Å². The molecule has 8 nitrogen and oxygen atoms in total. The molecule has 0 aliphatic heterocycles. The third-order valence-electron chi connectivity index (χ3n) is 5.21. The Morgan fingerprint density at radius 3 is 2.41 bits per heavy atom. The van der Waals surface area contributed by atoms with E-state index in [1.807, 2.05) is 12.1 Å². The number of aromatic nitrogens is 1. The third kappa shape index (κ3) is 7.23. The normalized spacial score (nSPS) is 11.8. The van der Waals surface area contributed by atoms with Crippen LogP contribution in [0.15, 0.2) is 48.5 Å². The van der Waals surface area contributed by atoms with Crippen LogP contribution >= 0.6 is 0 Å². The van der Waals surface area contributed by atoms with Crippen LogP contribution in [-0.4, -0.2) is 34.7 Å². The van der Waals surface area contributed by atoms with E-state index in [0.29, 0.717) is 23.7 Å². The Hall–Kier alpha value is -4.05. The first-order chi connectivity index (χ1) is 17.6. The van der Waals surface area contributed by atoms with Gasteiger partial charge in [-0.3, -0.25) is 0 Å². The summed E-state index contributed by atoms with van der Waals surface area (Å²) >= 11 is 0. The zero-order valence-corrected chi connectivity index (χ0v) is 20.7. The summed E-state index contributed by atoms with van der Waals surface area (Å²) in [5, 5.41) is 9.40. The van der Waals surface area contributed by atoms with Gasteiger partial charge in [-0.2, -0.15) is 4.98 Å². The van der Waals surface area contributed by atoms with Crippen LogP contribution in [0, 0.1) is 17.6 Å². The van der Waals surface area contributed by atoms with E-state index in [2.05, 4.69) is 4.98 Å². The summed E-state index contributed by atoms with van der Waals surface area (Å²) in [5.41, 5.74) is 8.00. The highest BCUT2D eigenvalue weighted by atomic mass is 19.1. The predicted molar refractivity (Wildman–Crippen MR) is 131 cm³/mol. The number of carboxylic acids is 1. The molecule has 0 aliphatic carbocycles. The number of esters is 1. The number of carbonyl (C=O) groups excluding carboxylic acids is 1. The Morgan fingerprint density at radius 1 is 1.03 bits per heavy atom. The number of benzene rings is 2. The number of hydrogen-bond acceptors (Lipinski definition) is 7. The fourth-order valence-electron chi connectivity index (χ4n) is 3.50. The molecule has 0 fully saturated rings. The van der Waals surface area contributed by atoms with Gasteiger partial charge in [0.25, 0.3) is 11.8 Å². The number of carboxylic acid groups (broad SMARTS) is 1. The van der Waals surface area contributed by atoms with Gasteiger partial charge in [0.2, 0.25) is 0 Å². The first-order valence-electron chi connectivity index (χ1n) is 11.7. The number of halogens is 2. The summed E-state index contributed by atoms with van der Waals surface area (Å²) in [6, 6.07) is 12.2. The Labute approximate surface area is 213 Å². The first kappa shape index (κ1) is 27.5. The van der Waals surface area contributed by atoms with Gasteiger partial charge < -0.3 is 25.1 Å². The molecule has 0 saturated heterocycles. The van der Waals surface area contributed by atoms with Crippen LogP contribution in [0.1, 0.15) is 43.1 Å². The van der Waals surface area contributed by atoms with E-state index in [1.165, 1.54) is 6.07 Å². The Kier molecular flexibility index (Phi) is 9.13. The van der Waals surface area contributed by atoms with Crippen LogP contribution in [0.5, 0.6) is 17.5 Å². The Morgan fingerprint density at radius 2 is 1.76 bits per heavy atom. The molecule has 0 saturated carbocycles. The van der Waals surface area contributed by atoms with Gasteiger partial charge in [-0.15, -0.1) is 0 Å². The van der Waals surface area contributed by atoms with Gasteiger partial charge >= 0.3 is 11.9 Å². The van der Waals surface area contributed by atoms with Gasteiger partial charge in [0.15, 0.2) is 17.7 Å².